The zero-order valence-electron chi connectivity index (χ0n) is 16.4. The van der Waals surface area contributed by atoms with Gasteiger partial charge < -0.3 is 4.42 Å². The van der Waals surface area contributed by atoms with Gasteiger partial charge in [-0.1, -0.05) is 17.7 Å². The molecule has 0 aliphatic heterocycles. The fraction of sp³-hybridized carbons (Fsp3) is 0.0909. The van der Waals surface area contributed by atoms with E-state index in [1.807, 2.05) is 55.6 Å². The molecule has 7 nitrogen and oxygen atoms in total. The molecule has 0 aliphatic rings. The smallest absolute Gasteiger partial charge is 0.269 e. The van der Waals surface area contributed by atoms with Crippen molar-refractivity contribution in [2.45, 2.75) is 13.8 Å². The number of hydrogen-bond donors (Lipinski definition) is 0. The Hall–Kier alpha value is -3.78. The zero-order chi connectivity index (χ0) is 21.1. The largest absolute Gasteiger partial charge is 0.463 e. The van der Waals surface area contributed by atoms with Crippen molar-refractivity contribution in [3.63, 3.8) is 0 Å². The summed E-state index contributed by atoms with van der Waals surface area (Å²) in [6.45, 7) is 3.89. The van der Waals surface area contributed by atoms with Crippen LogP contribution in [0.3, 0.4) is 0 Å². The number of hydrogen-bond acceptors (Lipinski definition) is 6. The van der Waals surface area contributed by atoms with Gasteiger partial charge in [-0.2, -0.15) is 5.10 Å². The minimum Gasteiger partial charge on any atom is -0.463 e. The molecule has 0 radical (unpaired) electrons. The number of thiazole rings is 1. The second-order valence-corrected chi connectivity index (χ2v) is 7.47. The summed E-state index contributed by atoms with van der Waals surface area (Å²) in [4.78, 5) is 16.0. The van der Waals surface area contributed by atoms with E-state index >= 15 is 0 Å². The van der Waals surface area contributed by atoms with Crippen molar-refractivity contribution in [1.82, 2.24) is 4.68 Å². The van der Waals surface area contributed by atoms with E-state index in [-0.39, 0.29) is 5.69 Å². The molecule has 0 bridgehead atoms. The SMILES string of the molecule is CC(=Nn1c(-c2ccc([N+](=O)[O-])cc2)csc1=Nc1ccc(C)cc1)c1ccco1. The maximum absolute atomic E-state index is 11.0. The van der Waals surface area contributed by atoms with Crippen LogP contribution in [-0.4, -0.2) is 15.3 Å². The van der Waals surface area contributed by atoms with Gasteiger partial charge in [0, 0.05) is 23.1 Å². The van der Waals surface area contributed by atoms with Crippen molar-refractivity contribution >= 4 is 28.4 Å². The van der Waals surface area contributed by atoms with Gasteiger partial charge in [-0.3, -0.25) is 10.1 Å². The average molecular weight is 418 g/mol. The summed E-state index contributed by atoms with van der Waals surface area (Å²) < 4.78 is 7.20. The highest BCUT2D eigenvalue weighted by atomic mass is 32.1. The minimum atomic E-state index is -0.414. The lowest BCUT2D eigenvalue weighted by Gasteiger charge is -2.05. The Morgan fingerprint density at radius 2 is 1.83 bits per heavy atom. The van der Waals surface area contributed by atoms with Gasteiger partial charge in [0.2, 0.25) is 4.80 Å². The van der Waals surface area contributed by atoms with Crippen LogP contribution in [0.5, 0.6) is 0 Å². The summed E-state index contributed by atoms with van der Waals surface area (Å²) in [5.41, 5.74) is 4.29. The highest BCUT2D eigenvalue weighted by Crippen LogP contribution is 2.24. The highest BCUT2D eigenvalue weighted by molar-refractivity contribution is 7.07. The second-order valence-electron chi connectivity index (χ2n) is 6.63. The first-order valence-corrected chi connectivity index (χ1v) is 10.1. The first kappa shape index (κ1) is 19.5. The number of nitro groups is 1. The fourth-order valence-electron chi connectivity index (χ4n) is 2.84. The fourth-order valence-corrected chi connectivity index (χ4v) is 3.69. The first-order valence-electron chi connectivity index (χ1n) is 9.17. The number of rotatable bonds is 5. The normalized spacial score (nSPS) is 12.3. The number of nitro benzene ring substituents is 1. The lowest BCUT2D eigenvalue weighted by molar-refractivity contribution is -0.384. The van der Waals surface area contributed by atoms with E-state index in [2.05, 4.69) is 0 Å². The molecular weight excluding hydrogens is 400 g/mol. The van der Waals surface area contributed by atoms with Crippen LogP contribution >= 0.6 is 11.3 Å². The predicted molar refractivity (Wildman–Crippen MR) is 117 cm³/mol. The number of benzene rings is 2. The Morgan fingerprint density at radius 3 is 2.47 bits per heavy atom. The maximum Gasteiger partial charge on any atom is 0.269 e. The van der Waals surface area contributed by atoms with Gasteiger partial charge in [0.25, 0.3) is 5.69 Å². The Bertz CT molecular complexity index is 1270. The molecule has 4 aromatic rings. The molecular formula is C22H18N4O3S. The van der Waals surface area contributed by atoms with Crippen LogP contribution < -0.4 is 4.80 Å². The molecule has 0 fully saturated rings. The van der Waals surface area contributed by atoms with E-state index in [0.717, 1.165) is 22.5 Å². The Morgan fingerprint density at radius 1 is 1.10 bits per heavy atom. The summed E-state index contributed by atoms with van der Waals surface area (Å²) >= 11 is 1.44. The second kappa shape index (κ2) is 8.30. The standard InChI is InChI=1S/C22H18N4O3S/c1-15-5-9-18(10-6-15)23-22-25(24-16(2)21-4-3-13-29-21)20(14-30-22)17-7-11-19(12-8-17)26(27)28/h3-14H,1-2H3. The Labute approximate surface area is 176 Å². The van der Waals surface area contributed by atoms with Gasteiger partial charge in [0.15, 0.2) is 0 Å². The maximum atomic E-state index is 11.0. The predicted octanol–water partition coefficient (Wildman–Crippen LogP) is 5.53. The van der Waals surface area contributed by atoms with E-state index < -0.39 is 4.92 Å². The molecule has 8 heteroatoms. The molecule has 0 spiro atoms. The zero-order valence-corrected chi connectivity index (χ0v) is 17.2. The summed E-state index contributed by atoms with van der Waals surface area (Å²) in [5.74, 6) is 0.657. The van der Waals surface area contributed by atoms with E-state index in [1.165, 1.54) is 23.5 Å². The average Bonchev–Trinajstić information content (AvgIpc) is 3.41. The molecule has 2 aromatic carbocycles. The summed E-state index contributed by atoms with van der Waals surface area (Å²) in [6.07, 6.45) is 1.60. The first-order chi connectivity index (χ1) is 14.5. The highest BCUT2D eigenvalue weighted by Gasteiger charge is 2.12. The van der Waals surface area contributed by atoms with Crippen LogP contribution in [0, 0.1) is 17.0 Å². The third-order valence-electron chi connectivity index (χ3n) is 4.45. The summed E-state index contributed by atoms with van der Waals surface area (Å²) in [5, 5.41) is 17.6. The van der Waals surface area contributed by atoms with Gasteiger partial charge in [0.05, 0.1) is 22.6 Å². The number of nitrogens with zero attached hydrogens (tertiary/aromatic N) is 4. The van der Waals surface area contributed by atoms with Crippen LogP contribution in [-0.2, 0) is 0 Å². The molecule has 0 saturated heterocycles. The topological polar surface area (TPSA) is 85.9 Å². The molecule has 2 heterocycles. The molecule has 30 heavy (non-hydrogen) atoms. The number of aromatic nitrogens is 1. The Balaban J connectivity index is 1.86. The summed E-state index contributed by atoms with van der Waals surface area (Å²) in [7, 11) is 0. The van der Waals surface area contributed by atoms with Crippen molar-refractivity contribution < 1.29 is 9.34 Å². The molecule has 0 unspecified atom stereocenters. The van der Waals surface area contributed by atoms with Gasteiger partial charge in [0.1, 0.15) is 11.5 Å². The van der Waals surface area contributed by atoms with E-state index in [0.29, 0.717) is 16.3 Å². The van der Waals surface area contributed by atoms with Crippen LogP contribution in [0.15, 0.2) is 86.8 Å². The van der Waals surface area contributed by atoms with Crippen molar-refractivity contribution in [3.05, 3.63) is 98.5 Å². The summed E-state index contributed by atoms with van der Waals surface area (Å²) in [6, 6.07) is 18.0. The molecule has 0 amide bonds. The van der Waals surface area contributed by atoms with Crippen LogP contribution in [0.25, 0.3) is 11.3 Å². The van der Waals surface area contributed by atoms with Crippen molar-refractivity contribution in [3.8, 4) is 11.3 Å². The third kappa shape index (κ3) is 4.13. The molecule has 0 N–H and O–H groups in total. The van der Waals surface area contributed by atoms with Crippen LogP contribution in [0.2, 0.25) is 0 Å². The third-order valence-corrected chi connectivity index (χ3v) is 5.26. The molecule has 150 valence electrons. The molecule has 4 rings (SSSR count). The monoisotopic (exact) mass is 418 g/mol. The van der Waals surface area contributed by atoms with Gasteiger partial charge in [-0.25, -0.2) is 9.67 Å². The van der Waals surface area contributed by atoms with Crippen LogP contribution in [0.1, 0.15) is 18.2 Å². The van der Waals surface area contributed by atoms with Crippen LogP contribution in [0.4, 0.5) is 11.4 Å². The molecule has 2 aromatic heterocycles. The van der Waals surface area contributed by atoms with E-state index in [4.69, 9.17) is 14.5 Å². The van der Waals surface area contributed by atoms with Gasteiger partial charge in [-0.15, -0.1) is 11.3 Å². The minimum absolute atomic E-state index is 0.0420. The molecule has 0 aliphatic carbocycles. The van der Waals surface area contributed by atoms with Crippen molar-refractivity contribution in [1.29, 1.82) is 0 Å². The van der Waals surface area contributed by atoms with Crippen molar-refractivity contribution in [2.24, 2.45) is 10.1 Å². The molecule has 0 saturated carbocycles. The van der Waals surface area contributed by atoms with E-state index in [1.54, 1.807) is 23.1 Å². The number of aryl methyl sites for hydroxylation is 1. The van der Waals surface area contributed by atoms with E-state index in [9.17, 15) is 10.1 Å². The number of furan rings is 1. The number of non-ortho nitro benzene ring substituents is 1. The quantitative estimate of drug-likeness (QED) is 0.242. The van der Waals surface area contributed by atoms with Gasteiger partial charge in [-0.05, 0) is 50.2 Å². The lowest BCUT2D eigenvalue weighted by Crippen LogP contribution is -2.13. The van der Waals surface area contributed by atoms with Crippen molar-refractivity contribution in [2.75, 3.05) is 0 Å². The Kier molecular flexibility index (Phi) is 5.40. The lowest BCUT2D eigenvalue weighted by atomic mass is 10.1. The van der Waals surface area contributed by atoms with Gasteiger partial charge >= 0.3 is 0 Å². The molecule has 0 atom stereocenters.